The second-order valence-corrected chi connectivity index (χ2v) is 3.96. The van der Waals surface area contributed by atoms with Crippen molar-refractivity contribution in [3.63, 3.8) is 0 Å². The molecule has 0 aromatic heterocycles. The molecule has 1 unspecified atom stereocenters. The van der Waals surface area contributed by atoms with E-state index in [1.807, 2.05) is 0 Å². The molecule has 1 aromatic carbocycles. The zero-order valence-electron chi connectivity index (χ0n) is 8.62. The van der Waals surface area contributed by atoms with Crippen molar-refractivity contribution in [1.29, 1.82) is 0 Å². The Hall–Kier alpha value is -1.55. The lowest BCUT2D eigenvalue weighted by Gasteiger charge is -2.08. The summed E-state index contributed by atoms with van der Waals surface area (Å²) in [6, 6.07) is 5.20. The molecule has 0 aliphatic carbocycles. The number of rotatable bonds is 2. The lowest BCUT2D eigenvalue weighted by molar-refractivity contribution is -0.140. The Balaban J connectivity index is 2.29. The molecule has 1 aromatic rings. The van der Waals surface area contributed by atoms with Crippen molar-refractivity contribution < 1.29 is 14.3 Å². The van der Waals surface area contributed by atoms with E-state index in [0.29, 0.717) is 12.0 Å². The monoisotopic (exact) mass is 239 g/mol. The van der Waals surface area contributed by atoms with Crippen molar-refractivity contribution in [2.45, 2.75) is 11.8 Å². The first-order valence-electron chi connectivity index (χ1n) is 4.76. The third kappa shape index (κ3) is 1.88. The third-order valence-electron chi connectivity index (χ3n) is 2.46. The van der Waals surface area contributed by atoms with Crippen molar-refractivity contribution >= 4 is 29.2 Å². The van der Waals surface area contributed by atoms with Crippen molar-refractivity contribution in [1.82, 2.24) is 0 Å². The van der Waals surface area contributed by atoms with Gasteiger partial charge in [-0.25, -0.2) is 0 Å². The molecule has 0 fully saturated rings. The Kier molecular flexibility index (Phi) is 2.83. The molecule has 0 saturated heterocycles. The van der Waals surface area contributed by atoms with E-state index >= 15 is 0 Å². The fraction of sp³-hybridized carbons (Fsp3) is 0.273. The molecule has 1 aliphatic rings. The first-order valence-corrected chi connectivity index (χ1v) is 5.20. The van der Waals surface area contributed by atoms with Gasteiger partial charge >= 0.3 is 5.97 Å². The normalized spacial score (nSPS) is 15.2. The van der Waals surface area contributed by atoms with Gasteiger partial charge in [0, 0.05) is 5.69 Å². The number of esters is 1. The van der Waals surface area contributed by atoms with Gasteiger partial charge in [0.2, 0.25) is 5.91 Å². The van der Waals surface area contributed by atoms with Crippen LogP contribution in [0, 0.1) is 0 Å². The molecule has 16 heavy (non-hydrogen) atoms. The second kappa shape index (κ2) is 4.14. The first kappa shape index (κ1) is 11.0. The highest BCUT2D eigenvalue weighted by molar-refractivity contribution is 6.30. The number of hydrogen-bond donors (Lipinski definition) is 1. The van der Waals surface area contributed by atoms with Crippen molar-refractivity contribution in [2.75, 3.05) is 12.4 Å². The summed E-state index contributed by atoms with van der Waals surface area (Å²) in [6.45, 7) is 0. The highest BCUT2D eigenvalue weighted by atomic mass is 35.5. The second-order valence-electron chi connectivity index (χ2n) is 3.53. The van der Waals surface area contributed by atoms with E-state index in [1.165, 1.54) is 7.11 Å². The molecule has 1 atom stereocenters. The van der Waals surface area contributed by atoms with Gasteiger partial charge in [0.05, 0.1) is 13.5 Å². The number of amides is 1. The first-order chi connectivity index (χ1) is 7.61. The van der Waals surface area contributed by atoms with Crippen LogP contribution in [0.15, 0.2) is 18.2 Å². The molecule has 0 spiro atoms. The fourth-order valence-electron chi connectivity index (χ4n) is 1.65. The molecule has 2 rings (SSSR count). The molecule has 0 saturated carbocycles. The van der Waals surface area contributed by atoms with Crippen molar-refractivity contribution in [2.24, 2.45) is 0 Å². The zero-order valence-corrected chi connectivity index (χ0v) is 9.38. The van der Waals surface area contributed by atoms with E-state index < -0.39 is 11.3 Å². The molecular formula is C11H10ClNO3. The summed E-state index contributed by atoms with van der Waals surface area (Å²) in [5.74, 6) is -0.546. The summed E-state index contributed by atoms with van der Waals surface area (Å²) < 4.78 is 4.55. The topological polar surface area (TPSA) is 55.4 Å². The Morgan fingerprint density at radius 3 is 3.00 bits per heavy atom. The summed E-state index contributed by atoms with van der Waals surface area (Å²) in [5, 5.41) is 1.88. The number of hydrogen-bond acceptors (Lipinski definition) is 3. The van der Waals surface area contributed by atoms with Gasteiger partial charge in [-0.05, 0) is 17.2 Å². The van der Waals surface area contributed by atoms with Gasteiger partial charge in [-0.15, -0.1) is 11.6 Å². The average Bonchev–Trinajstić information content (AvgIpc) is 2.65. The molecule has 4 nitrogen and oxygen atoms in total. The van der Waals surface area contributed by atoms with Gasteiger partial charge in [-0.1, -0.05) is 12.1 Å². The van der Waals surface area contributed by atoms with Crippen LogP contribution < -0.4 is 5.32 Å². The van der Waals surface area contributed by atoms with Gasteiger partial charge in [0.25, 0.3) is 0 Å². The van der Waals surface area contributed by atoms with E-state index in [2.05, 4.69) is 10.1 Å². The Bertz CT molecular complexity index is 459. The summed E-state index contributed by atoms with van der Waals surface area (Å²) in [4.78, 5) is 22.4. The zero-order chi connectivity index (χ0) is 11.7. The molecule has 1 amide bonds. The largest absolute Gasteiger partial charge is 0.468 e. The maximum Gasteiger partial charge on any atom is 0.328 e. The average molecular weight is 240 g/mol. The van der Waals surface area contributed by atoms with Crippen LogP contribution in [0.5, 0.6) is 0 Å². The van der Waals surface area contributed by atoms with Crippen LogP contribution in [-0.2, 0) is 20.7 Å². The van der Waals surface area contributed by atoms with Gasteiger partial charge in [-0.2, -0.15) is 0 Å². The van der Waals surface area contributed by atoms with Crippen LogP contribution in [0.4, 0.5) is 5.69 Å². The number of ether oxygens (including phenoxy) is 1. The van der Waals surface area contributed by atoms with E-state index in [9.17, 15) is 9.59 Å². The molecule has 0 bridgehead atoms. The standard InChI is InChI=1S/C11H10ClNO3/c1-16-11(15)10(12)6-2-3-8-7(4-6)5-9(14)13-8/h2-4,10H,5H2,1H3,(H,13,14). The minimum Gasteiger partial charge on any atom is -0.468 e. The van der Waals surface area contributed by atoms with E-state index in [4.69, 9.17) is 11.6 Å². The van der Waals surface area contributed by atoms with Gasteiger partial charge < -0.3 is 10.1 Å². The predicted molar refractivity (Wildman–Crippen MR) is 59.4 cm³/mol. The smallest absolute Gasteiger partial charge is 0.328 e. The number of halogens is 1. The summed E-state index contributed by atoms with van der Waals surface area (Å²) in [5.41, 5.74) is 2.28. The van der Waals surface area contributed by atoms with Crippen LogP contribution >= 0.6 is 11.6 Å². The molecule has 0 radical (unpaired) electrons. The van der Waals surface area contributed by atoms with Gasteiger partial charge in [-0.3, -0.25) is 9.59 Å². The number of alkyl halides is 1. The number of carbonyl (C=O) groups excluding carboxylic acids is 2. The quantitative estimate of drug-likeness (QED) is 0.631. The van der Waals surface area contributed by atoms with Crippen LogP contribution in [0.2, 0.25) is 0 Å². The molecular weight excluding hydrogens is 230 g/mol. The van der Waals surface area contributed by atoms with Crippen LogP contribution in [0.25, 0.3) is 0 Å². The Labute approximate surface area is 97.5 Å². The number of benzene rings is 1. The Morgan fingerprint density at radius 1 is 1.56 bits per heavy atom. The molecule has 1 aliphatic heterocycles. The lowest BCUT2D eigenvalue weighted by atomic mass is 10.1. The highest BCUT2D eigenvalue weighted by Crippen LogP contribution is 2.29. The van der Waals surface area contributed by atoms with E-state index in [0.717, 1.165) is 11.3 Å². The number of nitrogens with one attached hydrogen (secondary N) is 1. The van der Waals surface area contributed by atoms with E-state index in [1.54, 1.807) is 18.2 Å². The molecule has 5 heteroatoms. The fourth-order valence-corrected chi connectivity index (χ4v) is 1.87. The number of fused-ring (bicyclic) bond motifs is 1. The lowest BCUT2D eigenvalue weighted by Crippen LogP contribution is -2.08. The highest BCUT2D eigenvalue weighted by Gasteiger charge is 2.22. The molecule has 84 valence electrons. The SMILES string of the molecule is COC(=O)C(Cl)c1ccc2c(c1)CC(=O)N2. The summed E-state index contributed by atoms with van der Waals surface area (Å²) in [6.07, 6.45) is 0.327. The number of carbonyl (C=O) groups is 2. The summed E-state index contributed by atoms with van der Waals surface area (Å²) in [7, 11) is 1.29. The molecule has 1 heterocycles. The van der Waals surface area contributed by atoms with Crippen LogP contribution in [-0.4, -0.2) is 19.0 Å². The third-order valence-corrected chi connectivity index (χ3v) is 2.89. The van der Waals surface area contributed by atoms with Gasteiger partial charge in [0.15, 0.2) is 5.38 Å². The van der Waals surface area contributed by atoms with Gasteiger partial charge in [0.1, 0.15) is 0 Å². The minimum absolute atomic E-state index is 0.0451. The number of methoxy groups -OCH3 is 1. The maximum atomic E-state index is 11.2. The van der Waals surface area contributed by atoms with Crippen LogP contribution in [0.1, 0.15) is 16.5 Å². The van der Waals surface area contributed by atoms with Crippen molar-refractivity contribution in [3.8, 4) is 0 Å². The summed E-state index contributed by atoms with van der Waals surface area (Å²) >= 11 is 5.92. The van der Waals surface area contributed by atoms with E-state index in [-0.39, 0.29) is 5.91 Å². The molecule has 1 N–H and O–H groups in total. The predicted octanol–water partition coefficient (Wildman–Crippen LogP) is 1.63. The van der Waals surface area contributed by atoms with Crippen molar-refractivity contribution in [3.05, 3.63) is 29.3 Å². The maximum absolute atomic E-state index is 11.2. The Morgan fingerprint density at radius 2 is 2.31 bits per heavy atom. The van der Waals surface area contributed by atoms with Crippen LogP contribution in [0.3, 0.4) is 0 Å². The minimum atomic E-state index is -0.828. The number of anilines is 1.